The second-order valence-electron chi connectivity index (χ2n) is 5.92. The van der Waals surface area contributed by atoms with Crippen molar-refractivity contribution in [3.63, 3.8) is 0 Å². The third-order valence-electron chi connectivity index (χ3n) is 4.27. The summed E-state index contributed by atoms with van der Waals surface area (Å²) in [5.41, 5.74) is 2.33. The van der Waals surface area contributed by atoms with Gasteiger partial charge < -0.3 is 5.11 Å². The summed E-state index contributed by atoms with van der Waals surface area (Å²) in [6.45, 7) is 7.03. The van der Waals surface area contributed by atoms with Crippen molar-refractivity contribution < 1.29 is 5.11 Å². The highest BCUT2D eigenvalue weighted by Crippen LogP contribution is 2.30. The number of rotatable bonds is 4. The predicted octanol–water partition coefficient (Wildman–Crippen LogP) is 3.32. The fourth-order valence-electron chi connectivity index (χ4n) is 2.88. The van der Waals surface area contributed by atoms with E-state index in [1.165, 1.54) is 10.4 Å². The highest BCUT2D eigenvalue weighted by atomic mass is 32.1. The third kappa shape index (κ3) is 3.34. The van der Waals surface area contributed by atoms with Gasteiger partial charge in [0.05, 0.1) is 11.8 Å². The van der Waals surface area contributed by atoms with E-state index in [-0.39, 0.29) is 6.10 Å². The molecule has 1 aromatic heterocycles. The minimum absolute atomic E-state index is 0.197. The summed E-state index contributed by atoms with van der Waals surface area (Å²) in [5, 5.41) is 10.8. The first-order chi connectivity index (χ1) is 10.1. The molecule has 2 atom stereocenters. The topological polar surface area (TPSA) is 36.4 Å². The summed E-state index contributed by atoms with van der Waals surface area (Å²) in [5.74, 6) is 0.423. The number of aliphatic hydroxyl groups is 1. The molecule has 21 heavy (non-hydrogen) atoms. The van der Waals surface area contributed by atoms with Crippen LogP contribution in [-0.4, -0.2) is 34.2 Å². The van der Waals surface area contributed by atoms with Gasteiger partial charge >= 0.3 is 0 Å². The molecule has 0 spiro atoms. The molecule has 0 aliphatic carbocycles. The van der Waals surface area contributed by atoms with Crippen molar-refractivity contribution in [2.75, 3.05) is 13.1 Å². The summed E-state index contributed by atoms with van der Waals surface area (Å²) in [6, 6.07) is 10.4. The first-order valence-electron chi connectivity index (χ1n) is 7.55. The van der Waals surface area contributed by atoms with Gasteiger partial charge in [0.2, 0.25) is 0 Å². The van der Waals surface area contributed by atoms with Crippen LogP contribution in [-0.2, 0) is 6.54 Å². The van der Waals surface area contributed by atoms with Crippen molar-refractivity contribution >= 4 is 11.3 Å². The lowest BCUT2D eigenvalue weighted by Crippen LogP contribution is -2.23. The second-order valence-corrected chi connectivity index (χ2v) is 7.00. The monoisotopic (exact) mass is 302 g/mol. The van der Waals surface area contributed by atoms with Gasteiger partial charge in [-0.3, -0.25) is 4.90 Å². The van der Waals surface area contributed by atoms with Gasteiger partial charge in [0, 0.05) is 23.5 Å². The maximum atomic E-state index is 9.71. The lowest BCUT2D eigenvalue weighted by atomic mass is 10.0. The maximum Gasteiger partial charge on any atom is 0.123 e. The van der Waals surface area contributed by atoms with Crippen LogP contribution >= 0.6 is 11.3 Å². The molecular formula is C17H22N2OS. The molecule has 0 amide bonds. The Morgan fingerprint density at radius 3 is 2.81 bits per heavy atom. The number of aliphatic hydroxyl groups excluding tert-OH is 1. The Bertz CT molecular complexity index is 594. The van der Waals surface area contributed by atoms with Gasteiger partial charge in [-0.25, -0.2) is 4.98 Å². The molecule has 1 aromatic carbocycles. The van der Waals surface area contributed by atoms with Crippen LogP contribution in [0.5, 0.6) is 0 Å². The van der Waals surface area contributed by atoms with E-state index in [2.05, 4.69) is 36.1 Å². The summed E-state index contributed by atoms with van der Waals surface area (Å²) in [7, 11) is 0. The van der Waals surface area contributed by atoms with Gasteiger partial charge in [-0.05, 0) is 32.7 Å². The van der Waals surface area contributed by atoms with Crippen LogP contribution in [0.4, 0.5) is 0 Å². The molecule has 2 heterocycles. The van der Waals surface area contributed by atoms with Crippen molar-refractivity contribution in [1.82, 2.24) is 9.88 Å². The fourth-order valence-corrected chi connectivity index (χ4v) is 3.99. The highest BCUT2D eigenvalue weighted by Gasteiger charge is 2.26. The van der Waals surface area contributed by atoms with Gasteiger partial charge in [-0.2, -0.15) is 0 Å². The van der Waals surface area contributed by atoms with Crippen LogP contribution in [0.25, 0.3) is 10.6 Å². The Labute approximate surface area is 130 Å². The number of thiazole rings is 1. The largest absolute Gasteiger partial charge is 0.393 e. The number of nitrogens with zero attached hydrogens (tertiary/aromatic N) is 2. The van der Waals surface area contributed by atoms with Crippen LogP contribution in [0.3, 0.4) is 0 Å². The van der Waals surface area contributed by atoms with E-state index >= 15 is 0 Å². The number of likely N-dealkylation sites (tertiary alicyclic amines) is 1. The highest BCUT2D eigenvalue weighted by molar-refractivity contribution is 7.15. The van der Waals surface area contributed by atoms with Gasteiger partial charge in [-0.15, -0.1) is 11.3 Å². The lowest BCUT2D eigenvalue weighted by Gasteiger charge is -2.16. The number of aromatic nitrogens is 1. The van der Waals surface area contributed by atoms with E-state index in [0.29, 0.717) is 5.92 Å². The Morgan fingerprint density at radius 2 is 2.14 bits per heavy atom. The molecule has 2 unspecified atom stereocenters. The average molecular weight is 302 g/mol. The Morgan fingerprint density at radius 1 is 1.38 bits per heavy atom. The molecule has 1 saturated heterocycles. The van der Waals surface area contributed by atoms with E-state index in [4.69, 9.17) is 4.98 Å². The van der Waals surface area contributed by atoms with Crippen LogP contribution in [0.1, 0.15) is 23.9 Å². The second kappa shape index (κ2) is 6.26. The zero-order valence-electron chi connectivity index (χ0n) is 12.6. The molecule has 3 rings (SSSR count). The molecule has 1 aliphatic heterocycles. The average Bonchev–Trinajstić information content (AvgIpc) is 3.08. The van der Waals surface area contributed by atoms with Gasteiger partial charge in [0.25, 0.3) is 0 Å². The molecule has 0 saturated carbocycles. The summed E-state index contributed by atoms with van der Waals surface area (Å²) in [6.07, 6.45) is 0.901. The first kappa shape index (κ1) is 14.7. The van der Waals surface area contributed by atoms with Crippen molar-refractivity contribution in [3.8, 4) is 10.6 Å². The molecule has 1 fully saturated rings. The summed E-state index contributed by atoms with van der Waals surface area (Å²) >= 11 is 1.79. The van der Waals surface area contributed by atoms with Crippen molar-refractivity contribution in [2.24, 2.45) is 5.92 Å². The zero-order chi connectivity index (χ0) is 14.8. The van der Waals surface area contributed by atoms with Gasteiger partial charge in [0.1, 0.15) is 5.01 Å². The molecule has 2 aromatic rings. The normalized spacial score (nSPS) is 20.8. The van der Waals surface area contributed by atoms with E-state index in [1.54, 1.807) is 11.3 Å². The number of benzene rings is 1. The van der Waals surface area contributed by atoms with Crippen LogP contribution in [0.2, 0.25) is 0 Å². The Hall–Kier alpha value is -1.23. The maximum absolute atomic E-state index is 9.71. The number of hydrogen-bond donors (Lipinski definition) is 1. The lowest BCUT2D eigenvalue weighted by molar-refractivity contribution is 0.127. The molecule has 0 bridgehead atoms. The Balaban J connectivity index is 1.71. The van der Waals surface area contributed by atoms with E-state index < -0.39 is 0 Å². The van der Waals surface area contributed by atoms with Crippen molar-refractivity contribution in [3.05, 3.63) is 40.9 Å². The van der Waals surface area contributed by atoms with E-state index in [0.717, 1.165) is 36.8 Å². The number of hydrogen-bond acceptors (Lipinski definition) is 4. The molecule has 4 heteroatoms. The van der Waals surface area contributed by atoms with Crippen molar-refractivity contribution in [2.45, 2.75) is 32.9 Å². The van der Waals surface area contributed by atoms with Gasteiger partial charge in [-0.1, -0.05) is 30.3 Å². The smallest absolute Gasteiger partial charge is 0.123 e. The summed E-state index contributed by atoms with van der Waals surface area (Å²) in [4.78, 5) is 8.50. The zero-order valence-corrected chi connectivity index (χ0v) is 13.4. The van der Waals surface area contributed by atoms with Crippen LogP contribution in [0.15, 0.2) is 30.3 Å². The summed E-state index contributed by atoms with van der Waals surface area (Å²) < 4.78 is 0. The van der Waals surface area contributed by atoms with E-state index in [1.807, 2.05) is 13.0 Å². The molecule has 1 aliphatic rings. The minimum Gasteiger partial charge on any atom is -0.393 e. The van der Waals surface area contributed by atoms with Crippen molar-refractivity contribution in [1.29, 1.82) is 0 Å². The van der Waals surface area contributed by atoms with Gasteiger partial charge in [0.15, 0.2) is 0 Å². The Kier molecular flexibility index (Phi) is 4.38. The SMILES string of the molecule is Cc1nc(-c2ccccc2)sc1CN1CCC(C(C)O)C1. The fraction of sp³-hybridized carbons (Fsp3) is 0.471. The quantitative estimate of drug-likeness (QED) is 0.941. The molecule has 112 valence electrons. The molecule has 3 nitrogen and oxygen atoms in total. The number of aryl methyl sites for hydroxylation is 1. The molecule has 1 N–H and O–H groups in total. The first-order valence-corrected chi connectivity index (χ1v) is 8.37. The standard InChI is InChI=1S/C17H22N2OS/c1-12-16(11-19-9-8-15(10-19)13(2)20)21-17(18-12)14-6-4-3-5-7-14/h3-7,13,15,20H,8-11H2,1-2H3. The van der Waals surface area contributed by atoms with Crippen LogP contribution < -0.4 is 0 Å². The van der Waals surface area contributed by atoms with Crippen LogP contribution in [0, 0.1) is 12.8 Å². The minimum atomic E-state index is -0.197. The molecular weight excluding hydrogens is 280 g/mol. The molecule has 0 radical (unpaired) electrons. The van der Waals surface area contributed by atoms with E-state index in [9.17, 15) is 5.11 Å². The predicted molar refractivity (Wildman–Crippen MR) is 87.4 cm³/mol. The third-order valence-corrected chi connectivity index (χ3v) is 5.46.